The topological polar surface area (TPSA) is 66.4 Å². The van der Waals surface area contributed by atoms with Gasteiger partial charge in [-0.05, 0) is 31.6 Å². The van der Waals surface area contributed by atoms with Crippen LogP contribution in [0.25, 0.3) is 0 Å². The molecule has 0 aromatic heterocycles. The maximum Gasteiger partial charge on any atom is 0.211 e. The zero-order valence-electron chi connectivity index (χ0n) is 11.7. The van der Waals surface area contributed by atoms with E-state index in [1.54, 1.807) is 0 Å². The molecule has 2 aliphatic rings. The molecule has 19 heavy (non-hydrogen) atoms. The summed E-state index contributed by atoms with van der Waals surface area (Å²) in [6.07, 6.45) is 10.2. The van der Waals surface area contributed by atoms with Gasteiger partial charge in [-0.15, -0.1) is 0 Å². The van der Waals surface area contributed by atoms with Gasteiger partial charge in [-0.25, -0.2) is 13.1 Å². The average Bonchev–Trinajstić information content (AvgIpc) is 2.38. The van der Waals surface area contributed by atoms with Crippen LogP contribution in [-0.2, 0) is 10.0 Å². The van der Waals surface area contributed by atoms with Crippen molar-refractivity contribution in [1.82, 2.24) is 4.72 Å². The number of rotatable bonds is 5. The maximum atomic E-state index is 12.1. The van der Waals surface area contributed by atoms with Gasteiger partial charge in [0.1, 0.15) is 0 Å². The van der Waals surface area contributed by atoms with E-state index < -0.39 is 15.6 Å². The fourth-order valence-corrected chi connectivity index (χ4v) is 4.91. The molecule has 0 amide bonds. The highest BCUT2D eigenvalue weighted by Crippen LogP contribution is 2.28. The first-order valence-electron chi connectivity index (χ1n) is 7.69. The lowest BCUT2D eigenvalue weighted by atomic mass is 9.85. The van der Waals surface area contributed by atoms with Crippen molar-refractivity contribution in [2.24, 2.45) is 5.92 Å². The molecule has 0 spiro atoms. The van der Waals surface area contributed by atoms with Crippen LogP contribution in [0.2, 0.25) is 0 Å². The summed E-state index contributed by atoms with van der Waals surface area (Å²) in [5.41, 5.74) is -0.808. The predicted octanol–water partition coefficient (Wildman–Crippen LogP) is 2.18. The summed E-state index contributed by atoms with van der Waals surface area (Å²) in [4.78, 5) is 0. The normalized spacial score (nSPS) is 25.3. The highest BCUT2D eigenvalue weighted by Gasteiger charge is 2.31. The van der Waals surface area contributed by atoms with E-state index in [1.807, 2.05) is 0 Å². The molecule has 0 unspecified atom stereocenters. The Labute approximate surface area is 117 Å². The Kier molecular flexibility index (Phi) is 5.26. The van der Waals surface area contributed by atoms with Gasteiger partial charge in [0, 0.05) is 6.54 Å². The summed E-state index contributed by atoms with van der Waals surface area (Å²) < 4.78 is 26.8. The van der Waals surface area contributed by atoms with Crippen LogP contribution in [0.15, 0.2) is 0 Å². The lowest BCUT2D eigenvalue weighted by Crippen LogP contribution is -2.45. The fourth-order valence-electron chi connectivity index (χ4n) is 3.35. The van der Waals surface area contributed by atoms with Crippen LogP contribution in [0, 0.1) is 5.92 Å². The molecule has 0 radical (unpaired) electrons. The van der Waals surface area contributed by atoms with E-state index in [1.165, 1.54) is 6.42 Å². The Bertz CT molecular complexity index is 368. The second-order valence-corrected chi connectivity index (χ2v) is 8.24. The van der Waals surface area contributed by atoms with Gasteiger partial charge in [0.25, 0.3) is 0 Å². The third-order valence-corrected chi connectivity index (χ3v) is 6.08. The molecular formula is C14H27NO3S. The van der Waals surface area contributed by atoms with Gasteiger partial charge in [-0.2, -0.15) is 0 Å². The van der Waals surface area contributed by atoms with E-state index in [-0.39, 0.29) is 12.3 Å². The van der Waals surface area contributed by atoms with Crippen molar-refractivity contribution in [2.45, 2.75) is 69.8 Å². The van der Waals surface area contributed by atoms with E-state index in [0.29, 0.717) is 5.92 Å². The highest BCUT2D eigenvalue weighted by atomic mass is 32.2. The van der Waals surface area contributed by atoms with Crippen LogP contribution in [0.1, 0.15) is 64.2 Å². The minimum Gasteiger partial charge on any atom is -0.389 e. The molecule has 2 fully saturated rings. The van der Waals surface area contributed by atoms with Gasteiger partial charge in [0.05, 0.1) is 11.4 Å². The Morgan fingerprint density at radius 2 is 1.58 bits per heavy atom. The smallest absolute Gasteiger partial charge is 0.211 e. The first-order chi connectivity index (χ1) is 8.99. The quantitative estimate of drug-likeness (QED) is 0.815. The number of nitrogens with one attached hydrogen (secondary N) is 1. The average molecular weight is 289 g/mol. The van der Waals surface area contributed by atoms with Gasteiger partial charge in [-0.1, -0.05) is 38.5 Å². The molecule has 5 heteroatoms. The van der Waals surface area contributed by atoms with E-state index in [0.717, 1.165) is 57.8 Å². The Hall–Kier alpha value is -0.130. The van der Waals surface area contributed by atoms with Crippen LogP contribution in [0.3, 0.4) is 0 Å². The van der Waals surface area contributed by atoms with Crippen molar-refractivity contribution in [3.63, 3.8) is 0 Å². The molecule has 2 N–H and O–H groups in total. The van der Waals surface area contributed by atoms with Crippen molar-refractivity contribution in [2.75, 3.05) is 12.3 Å². The Morgan fingerprint density at radius 1 is 1.00 bits per heavy atom. The largest absolute Gasteiger partial charge is 0.389 e. The van der Waals surface area contributed by atoms with Crippen molar-refractivity contribution >= 4 is 10.0 Å². The zero-order chi connectivity index (χ0) is 13.8. The van der Waals surface area contributed by atoms with Crippen LogP contribution >= 0.6 is 0 Å². The molecule has 0 heterocycles. The zero-order valence-corrected chi connectivity index (χ0v) is 12.6. The highest BCUT2D eigenvalue weighted by molar-refractivity contribution is 7.89. The van der Waals surface area contributed by atoms with Crippen LogP contribution in [0.4, 0.5) is 0 Å². The van der Waals surface area contributed by atoms with E-state index in [4.69, 9.17) is 0 Å². The van der Waals surface area contributed by atoms with Crippen LogP contribution in [-0.4, -0.2) is 31.4 Å². The molecule has 4 nitrogen and oxygen atoms in total. The van der Waals surface area contributed by atoms with Gasteiger partial charge in [-0.3, -0.25) is 0 Å². The minimum atomic E-state index is -3.23. The SMILES string of the molecule is O=S(=O)(CC1CCCCC1)NCC1(O)CCCCC1. The maximum absolute atomic E-state index is 12.1. The van der Waals surface area contributed by atoms with Gasteiger partial charge < -0.3 is 5.11 Å². The molecule has 0 atom stereocenters. The lowest BCUT2D eigenvalue weighted by Gasteiger charge is -2.32. The molecule has 0 aliphatic heterocycles. The number of sulfonamides is 1. The molecule has 2 saturated carbocycles. The summed E-state index contributed by atoms with van der Waals surface area (Å²) in [7, 11) is -3.23. The summed E-state index contributed by atoms with van der Waals surface area (Å²) >= 11 is 0. The van der Waals surface area contributed by atoms with Crippen molar-refractivity contribution in [3.8, 4) is 0 Å². The molecule has 0 bridgehead atoms. The summed E-state index contributed by atoms with van der Waals surface area (Å²) in [5.74, 6) is 0.551. The van der Waals surface area contributed by atoms with Crippen molar-refractivity contribution in [1.29, 1.82) is 0 Å². The third-order valence-electron chi connectivity index (χ3n) is 4.59. The molecular weight excluding hydrogens is 262 g/mol. The monoisotopic (exact) mass is 289 g/mol. The molecule has 0 saturated heterocycles. The Balaban J connectivity index is 1.79. The summed E-state index contributed by atoms with van der Waals surface area (Å²) in [6, 6.07) is 0. The van der Waals surface area contributed by atoms with E-state index in [9.17, 15) is 13.5 Å². The van der Waals surface area contributed by atoms with Crippen molar-refractivity contribution in [3.05, 3.63) is 0 Å². The number of aliphatic hydroxyl groups is 1. The van der Waals surface area contributed by atoms with Crippen molar-refractivity contribution < 1.29 is 13.5 Å². The fraction of sp³-hybridized carbons (Fsp3) is 1.00. The van der Waals surface area contributed by atoms with E-state index in [2.05, 4.69) is 4.72 Å². The standard InChI is InChI=1S/C14H27NO3S/c16-14(9-5-2-6-10-14)12-15-19(17,18)11-13-7-3-1-4-8-13/h13,15-16H,1-12H2. The van der Waals surface area contributed by atoms with Gasteiger partial charge in [0.15, 0.2) is 0 Å². The molecule has 2 rings (SSSR count). The number of hydrogen-bond acceptors (Lipinski definition) is 3. The molecule has 0 aromatic carbocycles. The predicted molar refractivity (Wildman–Crippen MR) is 76.4 cm³/mol. The molecule has 2 aliphatic carbocycles. The second-order valence-electron chi connectivity index (χ2n) is 6.39. The van der Waals surface area contributed by atoms with Gasteiger partial charge in [0.2, 0.25) is 10.0 Å². The lowest BCUT2D eigenvalue weighted by molar-refractivity contribution is 0.00943. The summed E-state index contributed by atoms with van der Waals surface area (Å²) in [6.45, 7) is 0.196. The third kappa shape index (κ3) is 5.04. The van der Waals surface area contributed by atoms with Gasteiger partial charge >= 0.3 is 0 Å². The first kappa shape index (κ1) is 15.3. The molecule has 0 aromatic rings. The van der Waals surface area contributed by atoms with Crippen LogP contribution < -0.4 is 4.72 Å². The minimum absolute atomic E-state index is 0.196. The van der Waals surface area contributed by atoms with E-state index >= 15 is 0 Å². The van der Waals surface area contributed by atoms with Crippen LogP contribution in [0.5, 0.6) is 0 Å². The summed E-state index contributed by atoms with van der Waals surface area (Å²) in [5, 5.41) is 10.3. The number of hydrogen-bond donors (Lipinski definition) is 2. The molecule has 112 valence electrons. The second kappa shape index (κ2) is 6.55. The first-order valence-corrected chi connectivity index (χ1v) is 9.34. The Morgan fingerprint density at radius 3 is 2.21 bits per heavy atom.